The van der Waals surface area contributed by atoms with E-state index in [9.17, 15) is 0 Å². The minimum Gasteiger partial charge on any atom is -0.226 e. The van der Waals surface area contributed by atoms with Crippen molar-refractivity contribution in [2.45, 2.75) is 0 Å². The highest BCUT2D eigenvalue weighted by Crippen LogP contribution is 2.42. The molecule has 0 bridgehead atoms. The van der Waals surface area contributed by atoms with Crippen molar-refractivity contribution < 1.29 is 0 Å². The minimum absolute atomic E-state index is 0.619. The van der Waals surface area contributed by atoms with Crippen molar-refractivity contribution in [3.05, 3.63) is 152 Å². The molecule has 0 aliphatic rings. The summed E-state index contributed by atoms with van der Waals surface area (Å²) in [7, 11) is 0. The van der Waals surface area contributed by atoms with E-state index in [1.807, 2.05) is 54.6 Å². The Labute approximate surface area is 295 Å². The number of aromatic nitrogens is 5. The fourth-order valence-corrected chi connectivity index (χ4v) is 8.90. The van der Waals surface area contributed by atoms with Crippen molar-refractivity contribution in [3.63, 3.8) is 0 Å². The van der Waals surface area contributed by atoms with Gasteiger partial charge in [-0.1, -0.05) is 121 Å². The minimum atomic E-state index is 0.619. The van der Waals surface area contributed by atoms with Gasteiger partial charge in [-0.3, -0.25) is 0 Å². The molecule has 4 heterocycles. The van der Waals surface area contributed by atoms with E-state index in [2.05, 4.69) is 97.1 Å². The maximum Gasteiger partial charge on any atom is 0.165 e. The lowest BCUT2D eigenvalue weighted by Crippen LogP contribution is -2.00. The molecule has 10 aromatic rings. The summed E-state index contributed by atoms with van der Waals surface area (Å²) in [6, 6.07) is 52.1. The predicted octanol–water partition coefficient (Wildman–Crippen LogP) is 11.7. The van der Waals surface area contributed by atoms with E-state index in [0.29, 0.717) is 23.3 Å². The fourth-order valence-electron chi connectivity index (χ4n) is 6.56. The SMILES string of the molecule is c1ccc(-c2nc(-c3ccc4sc5c(-c6ccccc6)nc(-c6ccccc6)nc5c4c3)nc(-c3cccc4c3sc3ccccc34)n2)cc1. The topological polar surface area (TPSA) is 64.5 Å². The first kappa shape index (κ1) is 28.8. The lowest BCUT2D eigenvalue weighted by molar-refractivity contribution is 1.08. The second kappa shape index (κ2) is 11.8. The molecule has 0 aliphatic heterocycles. The van der Waals surface area contributed by atoms with Crippen LogP contribution in [0.2, 0.25) is 0 Å². The van der Waals surface area contributed by atoms with Crippen LogP contribution < -0.4 is 0 Å². The zero-order valence-corrected chi connectivity index (χ0v) is 28.1. The third kappa shape index (κ3) is 4.86. The Hall–Kier alpha value is -6.15. The Kier molecular flexibility index (Phi) is 6.79. The van der Waals surface area contributed by atoms with E-state index in [0.717, 1.165) is 53.8 Å². The standard InChI is InChI=1S/C43H25N5S2/c1-4-13-26(14-5-1)36-39-37(45-40(44-36)27-15-6-2-7-16-27)33-25-29(23-24-35(33)50-39)42-46-41(28-17-8-3-9-18-28)47-43(48-42)32-21-12-20-31-30-19-10-11-22-34(30)49-38(31)32/h1-25H. The number of thiophene rings is 2. The molecule has 0 aliphatic carbocycles. The molecule has 0 unspecified atom stereocenters. The monoisotopic (exact) mass is 675 g/mol. The molecule has 0 N–H and O–H groups in total. The Morgan fingerprint density at radius 3 is 1.64 bits per heavy atom. The molecule has 0 fully saturated rings. The van der Waals surface area contributed by atoms with Crippen LogP contribution in [0.3, 0.4) is 0 Å². The molecule has 0 spiro atoms. The molecule has 0 atom stereocenters. The molecule has 0 saturated carbocycles. The quantitative estimate of drug-likeness (QED) is 0.182. The van der Waals surface area contributed by atoms with E-state index in [4.69, 9.17) is 24.9 Å². The van der Waals surface area contributed by atoms with Gasteiger partial charge in [0, 0.05) is 58.1 Å². The molecule has 50 heavy (non-hydrogen) atoms. The lowest BCUT2D eigenvalue weighted by Gasteiger charge is -2.09. The first-order chi connectivity index (χ1) is 24.8. The highest BCUT2D eigenvalue weighted by molar-refractivity contribution is 7.26. The summed E-state index contributed by atoms with van der Waals surface area (Å²) in [5, 5.41) is 3.50. The van der Waals surface area contributed by atoms with Gasteiger partial charge in [-0.05, 0) is 30.3 Å². The van der Waals surface area contributed by atoms with Crippen LogP contribution in [-0.2, 0) is 0 Å². The molecule has 10 rings (SSSR count). The Balaban J connectivity index is 1.20. The zero-order chi connectivity index (χ0) is 33.0. The Morgan fingerprint density at radius 1 is 0.340 bits per heavy atom. The maximum absolute atomic E-state index is 5.19. The van der Waals surface area contributed by atoms with Gasteiger partial charge in [-0.25, -0.2) is 24.9 Å². The number of nitrogens with zero attached hydrogens (tertiary/aromatic N) is 5. The number of benzene rings is 6. The summed E-state index contributed by atoms with van der Waals surface area (Å²) in [6.07, 6.45) is 0. The van der Waals surface area contributed by atoms with Gasteiger partial charge < -0.3 is 0 Å². The second-order valence-electron chi connectivity index (χ2n) is 12.1. The number of rotatable bonds is 5. The van der Waals surface area contributed by atoms with Crippen LogP contribution in [0.1, 0.15) is 0 Å². The van der Waals surface area contributed by atoms with Crippen LogP contribution in [0.5, 0.6) is 0 Å². The van der Waals surface area contributed by atoms with Gasteiger partial charge in [0.25, 0.3) is 0 Å². The van der Waals surface area contributed by atoms with E-state index < -0.39 is 0 Å². The first-order valence-corrected chi connectivity index (χ1v) is 18.0. The van der Waals surface area contributed by atoms with Crippen molar-refractivity contribution in [2.75, 3.05) is 0 Å². The summed E-state index contributed by atoms with van der Waals surface area (Å²) in [4.78, 5) is 25.6. The molecule has 4 aromatic heterocycles. The summed E-state index contributed by atoms with van der Waals surface area (Å²) in [5.74, 6) is 2.61. The van der Waals surface area contributed by atoms with Crippen molar-refractivity contribution in [1.29, 1.82) is 0 Å². The van der Waals surface area contributed by atoms with Gasteiger partial charge >= 0.3 is 0 Å². The van der Waals surface area contributed by atoms with Crippen molar-refractivity contribution in [3.8, 4) is 56.8 Å². The van der Waals surface area contributed by atoms with E-state index in [1.54, 1.807) is 22.7 Å². The van der Waals surface area contributed by atoms with Gasteiger partial charge in [-0.15, -0.1) is 22.7 Å². The van der Waals surface area contributed by atoms with Crippen LogP contribution in [0.15, 0.2) is 152 Å². The molecule has 0 saturated heterocycles. The van der Waals surface area contributed by atoms with E-state index in [1.165, 1.54) is 20.2 Å². The van der Waals surface area contributed by atoms with Gasteiger partial charge in [0.2, 0.25) is 0 Å². The van der Waals surface area contributed by atoms with E-state index in [-0.39, 0.29) is 0 Å². The predicted molar refractivity (Wildman–Crippen MR) is 208 cm³/mol. The molecule has 234 valence electrons. The third-order valence-corrected chi connectivity index (χ3v) is 11.3. The second-order valence-corrected chi connectivity index (χ2v) is 14.2. The average molecular weight is 676 g/mol. The van der Waals surface area contributed by atoms with Crippen LogP contribution in [0.25, 0.3) is 97.3 Å². The molecule has 0 amide bonds. The van der Waals surface area contributed by atoms with Crippen LogP contribution in [0, 0.1) is 0 Å². The molecule has 7 heteroatoms. The number of fused-ring (bicyclic) bond motifs is 6. The van der Waals surface area contributed by atoms with Crippen molar-refractivity contribution in [2.24, 2.45) is 0 Å². The summed E-state index contributed by atoms with van der Waals surface area (Å²) >= 11 is 3.49. The Morgan fingerprint density at radius 2 is 0.900 bits per heavy atom. The van der Waals surface area contributed by atoms with Crippen LogP contribution in [-0.4, -0.2) is 24.9 Å². The van der Waals surface area contributed by atoms with Crippen molar-refractivity contribution >= 4 is 63.1 Å². The molecule has 0 radical (unpaired) electrons. The zero-order valence-electron chi connectivity index (χ0n) is 26.5. The summed E-state index contributed by atoms with van der Waals surface area (Å²) < 4.78 is 4.60. The maximum atomic E-state index is 5.19. The highest BCUT2D eigenvalue weighted by Gasteiger charge is 2.20. The normalized spacial score (nSPS) is 11.6. The highest BCUT2D eigenvalue weighted by atomic mass is 32.1. The third-order valence-electron chi connectivity index (χ3n) is 8.96. The average Bonchev–Trinajstić information content (AvgIpc) is 3.76. The van der Waals surface area contributed by atoms with Gasteiger partial charge in [0.1, 0.15) is 0 Å². The first-order valence-electron chi connectivity index (χ1n) is 16.3. The van der Waals surface area contributed by atoms with Gasteiger partial charge in [0.05, 0.1) is 15.9 Å². The molecule has 6 aromatic carbocycles. The number of hydrogen-bond donors (Lipinski definition) is 0. The van der Waals surface area contributed by atoms with Crippen LogP contribution in [0.4, 0.5) is 0 Å². The van der Waals surface area contributed by atoms with E-state index >= 15 is 0 Å². The molecular formula is C43H25N5S2. The Bertz CT molecular complexity index is 2860. The summed E-state index contributed by atoms with van der Waals surface area (Å²) in [5.41, 5.74) is 6.74. The lowest BCUT2D eigenvalue weighted by atomic mass is 10.1. The van der Waals surface area contributed by atoms with Gasteiger partial charge in [-0.2, -0.15) is 0 Å². The smallest absolute Gasteiger partial charge is 0.165 e. The number of hydrogen-bond acceptors (Lipinski definition) is 7. The van der Waals surface area contributed by atoms with Crippen LogP contribution >= 0.6 is 22.7 Å². The summed E-state index contributed by atoms with van der Waals surface area (Å²) in [6.45, 7) is 0. The van der Waals surface area contributed by atoms with Crippen molar-refractivity contribution in [1.82, 2.24) is 24.9 Å². The largest absolute Gasteiger partial charge is 0.226 e. The van der Waals surface area contributed by atoms with Gasteiger partial charge in [0.15, 0.2) is 23.3 Å². The molecular weight excluding hydrogens is 651 g/mol. The molecule has 5 nitrogen and oxygen atoms in total. The fraction of sp³-hybridized carbons (Fsp3) is 0.